The Kier molecular flexibility index (Phi) is 3.30. The zero-order chi connectivity index (χ0) is 13.9. The number of hydrogen-bond donors (Lipinski definition) is 0. The Hall–Kier alpha value is -2.48. The van der Waals surface area contributed by atoms with Gasteiger partial charge in [0, 0.05) is 17.0 Å². The van der Waals surface area contributed by atoms with E-state index in [4.69, 9.17) is 0 Å². The molecule has 0 radical (unpaired) electrons. The average Bonchev–Trinajstić information content (AvgIpc) is 2.47. The highest BCUT2D eigenvalue weighted by molar-refractivity contribution is 5.96. The number of Topliss-reactive ketones (excluding diaryl/α,β-unsaturated/α-hetero) is 1. The summed E-state index contributed by atoms with van der Waals surface area (Å²) >= 11 is 0. The van der Waals surface area contributed by atoms with Crippen LogP contribution in [-0.4, -0.2) is 5.78 Å². The lowest BCUT2D eigenvalue weighted by Gasteiger charge is -2.02. The summed E-state index contributed by atoms with van der Waals surface area (Å²) in [6.07, 6.45) is 3.98. The monoisotopic (exact) mass is 262 g/mol. The van der Waals surface area contributed by atoms with Crippen LogP contribution in [0, 0.1) is 6.92 Å². The van der Waals surface area contributed by atoms with Crippen molar-refractivity contribution in [1.82, 2.24) is 0 Å². The van der Waals surface area contributed by atoms with Gasteiger partial charge in [-0.05, 0) is 23.9 Å². The summed E-state index contributed by atoms with van der Waals surface area (Å²) in [5, 5.41) is 2.33. The van der Waals surface area contributed by atoms with Crippen LogP contribution in [0.2, 0.25) is 0 Å². The predicted octanol–water partition coefficient (Wildman–Crippen LogP) is 3.32. The molecule has 3 aromatic rings. The normalized spacial score (nSPS) is 10.7. The van der Waals surface area contributed by atoms with Gasteiger partial charge in [-0.3, -0.25) is 4.79 Å². The molecule has 0 saturated carbocycles. The smallest absolute Gasteiger partial charge is 0.227 e. The highest BCUT2D eigenvalue weighted by Crippen LogP contribution is 2.11. The lowest BCUT2D eigenvalue weighted by molar-refractivity contribution is -0.681. The van der Waals surface area contributed by atoms with Gasteiger partial charge in [-0.15, -0.1) is 0 Å². The third kappa shape index (κ3) is 2.45. The molecule has 0 aliphatic rings. The number of pyridine rings is 1. The first-order valence-electron chi connectivity index (χ1n) is 6.71. The van der Waals surface area contributed by atoms with Crippen LogP contribution in [-0.2, 0) is 6.54 Å². The molecular formula is C18H16NO+. The molecule has 0 aliphatic carbocycles. The fourth-order valence-electron chi connectivity index (χ4n) is 2.41. The maximum absolute atomic E-state index is 12.4. The first-order valence-corrected chi connectivity index (χ1v) is 6.71. The Morgan fingerprint density at radius 3 is 2.45 bits per heavy atom. The minimum absolute atomic E-state index is 0.142. The number of aromatic nitrogens is 1. The van der Waals surface area contributed by atoms with Crippen LogP contribution in [0.25, 0.3) is 10.8 Å². The van der Waals surface area contributed by atoms with E-state index >= 15 is 0 Å². The van der Waals surface area contributed by atoms with Gasteiger partial charge in [-0.1, -0.05) is 42.5 Å². The van der Waals surface area contributed by atoms with E-state index in [1.807, 2.05) is 66.3 Å². The van der Waals surface area contributed by atoms with Gasteiger partial charge >= 0.3 is 0 Å². The fourth-order valence-corrected chi connectivity index (χ4v) is 2.41. The van der Waals surface area contributed by atoms with E-state index in [1.54, 1.807) is 0 Å². The number of carbonyl (C=O) groups is 1. The molecule has 0 N–H and O–H groups in total. The maximum atomic E-state index is 12.4. The van der Waals surface area contributed by atoms with Crippen molar-refractivity contribution in [2.45, 2.75) is 13.5 Å². The molecule has 2 heteroatoms. The van der Waals surface area contributed by atoms with Crippen LogP contribution in [0.15, 0.2) is 67.0 Å². The molecule has 0 bridgehead atoms. The van der Waals surface area contributed by atoms with Gasteiger partial charge in [0.05, 0.1) is 0 Å². The zero-order valence-electron chi connectivity index (χ0n) is 11.4. The minimum Gasteiger partial charge on any atom is -0.287 e. The van der Waals surface area contributed by atoms with Crippen LogP contribution < -0.4 is 4.57 Å². The van der Waals surface area contributed by atoms with Crippen molar-refractivity contribution in [3.63, 3.8) is 0 Å². The molecule has 2 aromatic carbocycles. The molecule has 20 heavy (non-hydrogen) atoms. The summed E-state index contributed by atoms with van der Waals surface area (Å²) in [5.74, 6) is 0.142. The quantitative estimate of drug-likeness (QED) is 0.524. The van der Waals surface area contributed by atoms with Crippen LogP contribution in [0.3, 0.4) is 0 Å². The van der Waals surface area contributed by atoms with Crippen molar-refractivity contribution in [2.75, 3.05) is 0 Å². The molecule has 1 heterocycles. The summed E-state index contributed by atoms with van der Waals surface area (Å²) in [4.78, 5) is 12.4. The molecule has 0 aliphatic heterocycles. The second-order valence-electron chi connectivity index (χ2n) is 4.98. The van der Waals surface area contributed by atoms with Crippen LogP contribution in [0.4, 0.5) is 0 Å². The number of benzene rings is 2. The molecule has 0 atom stereocenters. The summed E-state index contributed by atoms with van der Waals surface area (Å²) in [5.41, 5.74) is 1.83. The van der Waals surface area contributed by atoms with E-state index in [1.165, 1.54) is 5.39 Å². The van der Waals surface area contributed by atoms with Crippen molar-refractivity contribution >= 4 is 16.6 Å². The van der Waals surface area contributed by atoms with Gasteiger partial charge in [0.15, 0.2) is 12.4 Å². The largest absolute Gasteiger partial charge is 0.287 e. The second kappa shape index (κ2) is 5.25. The highest BCUT2D eigenvalue weighted by Gasteiger charge is 2.14. The third-order valence-electron chi connectivity index (χ3n) is 3.52. The summed E-state index contributed by atoms with van der Waals surface area (Å²) < 4.78 is 1.94. The van der Waals surface area contributed by atoms with E-state index in [0.717, 1.165) is 16.5 Å². The Bertz CT molecular complexity index is 777. The summed E-state index contributed by atoms with van der Waals surface area (Å²) in [6.45, 7) is 2.34. The predicted molar refractivity (Wildman–Crippen MR) is 79.7 cm³/mol. The standard InChI is InChI=1S/C18H16NO/c1-14-6-2-5-9-17(14)18(20)13-19-11-10-15-7-3-4-8-16(15)12-19/h2-12H,13H2,1H3/q+1. The van der Waals surface area contributed by atoms with Gasteiger partial charge in [-0.25, -0.2) is 0 Å². The van der Waals surface area contributed by atoms with E-state index in [9.17, 15) is 4.79 Å². The molecule has 98 valence electrons. The van der Waals surface area contributed by atoms with Gasteiger partial charge in [-0.2, -0.15) is 4.57 Å². The lowest BCUT2D eigenvalue weighted by Crippen LogP contribution is -2.37. The van der Waals surface area contributed by atoms with Gasteiger partial charge < -0.3 is 0 Å². The molecule has 0 amide bonds. The highest BCUT2D eigenvalue weighted by atomic mass is 16.1. The SMILES string of the molecule is Cc1ccccc1C(=O)C[n+]1ccc2ccccc2c1. The van der Waals surface area contributed by atoms with Gasteiger partial charge in [0.1, 0.15) is 0 Å². The number of rotatable bonds is 3. The lowest BCUT2D eigenvalue weighted by atomic mass is 10.0. The number of carbonyl (C=O) groups excluding carboxylic acids is 1. The van der Waals surface area contributed by atoms with Crippen LogP contribution in [0.1, 0.15) is 15.9 Å². The van der Waals surface area contributed by atoms with Crippen molar-refractivity contribution in [3.8, 4) is 0 Å². The molecule has 3 rings (SSSR count). The molecule has 0 spiro atoms. The van der Waals surface area contributed by atoms with Gasteiger partial charge in [0.2, 0.25) is 12.3 Å². The zero-order valence-corrected chi connectivity index (χ0v) is 11.4. The topological polar surface area (TPSA) is 20.9 Å². The number of fused-ring (bicyclic) bond motifs is 1. The number of ketones is 1. The van der Waals surface area contributed by atoms with E-state index in [-0.39, 0.29) is 5.78 Å². The maximum Gasteiger partial charge on any atom is 0.227 e. The molecule has 1 aromatic heterocycles. The first kappa shape index (κ1) is 12.5. The van der Waals surface area contributed by atoms with Crippen LogP contribution in [0.5, 0.6) is 0 Å². The second-order valence-corrected chi connectivity index (χ2v) is 4.98. The van der Waals surface area contributed by atoms with Crippen LogP contribution >= 0.6 is 0 Å². The van der Waals surface area contributed by atoms with Crippen molar-refractivity contribution in [2.24, 2.45) is 0 Å². The fraction of sp³-hybridized carbons (Fsp3) is 0.111. The molecular weight excluding hydrogens is 246 g/mol. The molecule has 2 nitrogen and oxygen atoms in total. The van der Waals surface area contributed by atoms with Gasteiger partial charge in [0.25, 0.3) is 0 Å². The van der Waals surface area contributed by atoms with E-state index in [0.29, 0.717) is 6.54 Å². The molecule has 0 fully saturated rings. The Balaban J connectivity index is 1.89. The number of aryl methyl sites for hydroxylation is 1. The Morgan fingerprint density at radius 1 is 0.950 bits per heavy atom. The summed E-state index contributed by atoms with van der Waals surface area (Å²) in [6, 6.07) is 17.9. The first-order chi connectivity index (χ1) is 9.74. The Morgan fingerprint density at radius 2 is 1.65 bits per heavy atom. The average molecular weight is 262 g/mol. The number of hydrogen-bond acceptors (Lipinski definition) is 1. The molecule has 0 saturated heterocycles. The Labute approximate surface area is 118 Å². The van der Waals surface area contributed by atoms with E-state index in [2.05, 4.69) is 12.1 Å². The minimum atomic E-state index is 0.142. The van der Waals surface area contributed by atoms with Crippen molar-refractivity contribution < 1.29 is 9.36 Å². The molecule has 0 unspecified atom stereocenters. The summed E-state index contributed by atoms with van der Waals surface area (Å²) in [7, 11) is 0. The van der Waals surface area contributed by atoms with Crippen molar-refractivity contribution in [1.29, 1.82) is 0 Å². The number of nitrogens with zero attached hydrogens (tertiary/aromatic N) is 1. The third-order valence-corrected chi connectivity index (χ3v) is 3.52. The van der Waals surface area contributed by atoms with E-state index < -0.39 is 0 Å². The van der Waals surface area contributed by atoms with Crippen molar-refractivity contribution in [3.05, 3.63) is 78.1 Å².